The summed E-state index contributed by atoms with van der Waals surface area (Å²) >= 11 is 1.08. The lowest BCUT2D eigenvalue weighted by Gasteiger charge is -2.26. The van der Waals surface area contributed by atoms with Crippen LogP contribution in [-0.2, 0) is 14.3 Å². The molecule has 1 aliphatic heterocycles. The second kappa shape index (κ2) is 9.15. The van der Waals surface area contributed by atoms with E-state index in [9.17, 15) is 14.9 Å². The van der Waals surface area contributed by atoms with Crippen LogP contribution in [0.5, 0.6) is 11.5 Å². The lowest BCUT2D eigenvalue weighted by atomic mass is 9.86. The lowest BCUT2D eigenvalue weighted by Crippen LogP contribution is -2.31. The summed E-state index contributed by atoms with van der Waals surface area (Å²) < 4.78 is 15.5. The number of esters is 1. The fraction of sp³-hybridized carbons (Fsp3) is 0.389. The number of hydrogen-bond donors (Lipinski definition) is 1. The van der Waals surface area contributed by atoms with Crippen molar-refractivity contribution in [3.63, 3.8) is 0 Å². The fourth-order valence-corrected chi connectivity index (χ4v) is 3.52. The van der Waals surface area contributed by atoms with E-state index in [1.165, 1.54) is 7.11 Å². The average Bonchev–Trinajstić information content (AvgIpc) is 2.65. The van der Waals surface area contributed by atoms with Crippen molar-refractivity contribution in [2.75, 3.05) is 26.6 Å². The molecule has 0 bridgehead atoms. The fourth-order valence-electron chi connectivity index (χ4n) is 2.64. The molecule has 1 heterocycles. The maximum absolute atomic E-state index is 12.2. The molecule has 0 radical (unpaired) electrons. The molecule has 8 heteroatoms. The smallest absolute Gasteiger partial charge is 0.316 e. The van der Waals surface area contributed by atoms with E-state index in [2.05, 4.69) is 11.4 Å². The normalized spacial score (nSPS) is 16.5. The van der Waals surface area contributed by atoms with Crippen LogP contribution in [0.25, 0.3) is 0 Å². The Labute approximate surface area is 156 Å². The van der Waals surface area contributed by atoms with E-state index in [0.29, 0.717) is 27.7 Å². The Balaban J connectivity index is 2.41. The number of ether oxygens (including phenoxy) is 3. The van der Waals surface area contributed by atoms with Crippen molar-refractivity contribution in [1.29, 1.82) is 5.26 Å². The first-order valence-corrected chi connectivity index (χ1v) is 8.97. The number of nitrogens with zero attached hydrogens (tertiary/aromatic N) is 1. The molecule has 0 saturated heterocycles. The molecule has 0 aromatic heterocycles. The molecule has 7 nitrogen and oxygen atoms in total. The third-order valence-corrected chi connectivity index (χ3v) is 4.80. The van der Waals surface area contributed by atoms with Crippen molar-refractivity contribution >= 4 is 23.6 Å². The molecule has 0 saturated carbocycles. The zero-order chi connectivity index (χ0) is 19.1. The number of thioether (sulfide) groups is 1. The minimum Gasteiger partial charge on any atom is -0.497 e. The summed E-state index contributed by atoms with van der Waals surface area (Å²) in [5, 5.41) is 12.7. The maximum atomic E-state index is 12.2. The number of nitriles is 1. The van der Waals surface area contributed by atoms with Crippen LogP contribution in [-0.4, -0.2) is 38.5 Å². The standard InChI is InChI=1S/C18H20N2O5S/c1-4-25-17(22)10-26-18-14(9-19)12(8-16(21)20-18)13-7-11(23-2)5-6-15(13)24-3/h5-7,12H,4,8,10H2,1-3H3,(H,20,21)/t12-/m1/s1. The number of nitrogens with one attached hydrogen (secondary N) is 1. The molecular weight excluding hydrogens is 356 g/mol. The zero-order valence-corrected chi connectivity index (χ0v) is 15.6. The Morgan fingerprint density at radius 1 is 1.38 bits per heavy atom. The van der Waals surface area contributed by atoms with Crippen LogP contribution >= 0.6 is 11.8 Å². The lowest BCUT2D eigenvalue weighted by molar-refractivity contribution is -0.139. The highest BCUT2D eigenvalue weighted by molar-refractivity contribution is 8.03. The van der Waals surface area contributed by atoms with Crippen LogP contribution in [0.1, 0.15) is 24.8 Å². The minimum absolute atomic E-state index is 0.0105. The van der Waals surface area contributed by atoms with E-state index in [0.717, 1.165) is 11.8 Å². The summed E-state index contributed by atoms with van der Waals surface area (Å²) in [5.41, 5.74) is 1.07. The van der Waals surface area contributed by atoms with Crippen LogP contribution in [0.4, 0.5) is 0 Å². The van der Waals surface area contributed by atoms with Gasteiger partial charge in [0.15, 0.2) is 0 Å². The molecule has 1 aromatic rings. The summed E-state index contributed by atoms with van der Waals surface area (Å²) in [6, 6.07) is 7.40. The van der Waals surface area contributed by atoms with Crippen molar-refractivity contribution in [3.05, 3.63) is 34.4 Å². The molecular formula is C18H20N2O5S. The molecule has 1 aromatic carbocycles. The number of hydrogen-bond acceptors (Lipinski definition) is 7. The van der Waals surface area contributed by atoms with E-state index < -0.39 is 11.9 Å². The molecule has 1 aliphatic rings. The number of carbonyl (C=O) groups is 2. The van der Waals surface area contributed by atoms with E-state index in [1.807, 2.05) is 0 Å². The molecule has 1 N–H and O–H groups in total. The van der Waals surface area contributed by atoms with Gasteiger partial charge in [0.25, 0.3) is 0 Å². The summed E-state index contributed by atoms with van der Waals surface area (Å²) in [6.45, 7) is 2.00. The Bertz CT molecular complexity index is 769. The first-order chi connectivity index (χ1) is 12.5. The number of rotatable bonds is 7. The van der Waals surface area contributed by atoms with Gasteiger partial charge in [-0.15, -0.1) is 0 Å². The third-order valence-electron chi connectivity index (χ3n) is 3.81. The Hall–Kier alpha value is -2.66. The Morgan fingerprint density at radius 2 is 2.15 bits per heavy atom. The van der Waals surface area contributed by atoms with Crippen LogP contribution in [0.3, 0.4) is 0 Å². The predicted molar refractivity (Wildman–Crippen MR) is 96.8 cm³/mol. The van der Waals surface area contributed by atoms with Crippen molar-refractivity contribution in [2.24, 2.45) is 0 Å². The first kappa shape index (κ1) is 19.7. The molecule has 0 spiro atoms. The minimum atomic E-state index is -0.483. The number of allylic oxidation sites excluding steroid dienone is 1. The zero-order valence-electron chi connectivity index (χ0n) is 14.8. The second-order valence-electron chi connectivity index (χ2n) is 5.36. The first-order valence-electron chi connectivity index (χ1n) is 7.98. The van der Waals surface area contributed by atoms with E-state index >= 15 is 0 Å². The Morgan fingerprint density at radius 3 is 2.77 bits per heavy atom. The van der Waals surface area contributed by atoms with E-state index in [-0.39, 0.29) is 24.7 Å². The van der Waals surface area contributed by atoms with Crippen molar-refractivity contribution < 1.29 is 23.8 Å². The predicted octanol–water partition coefficient (Wildman–Crippen LogP) is 2.34. The average molecular weight is 376 g/mol. The summed E-state index contributed by atoms with van der Waals surface area (Å²) in [4.78, 5) is 23.8. The molecule has 26 heavy (non-hydrogen) atoms. The maximum Gasteiger partial charge on any atom is 0.316 e. The van der Waals surface area contributed by atoms with E-state index in [4.69, 9.17) is 14.2 Å². The van der Waals surface area contributed by atoms with Crippen molar-refractivity contribution in [3.8, 4) is 17.6 Å². The van der Waals surface area contributed by atoms with Crippen molar-refractivity contribution in [1.82, 2.24) is 5.32 Å². The largest absolute Gasteiger partial charge is 0.497 e. The highest BCUT2D eigenvalue weighted by atomic mass is 32.2. The topological polar surface area (TPSA) is 97.7 Å². The number of carbonyl (C=O) groups excluding carboxylic acids is 2. The van der Waals surface area contributed by atoms with E-state index in [1.54, 1.807) is 32.2 Å². The van der Waals surface area contributed by atoms with Gasteiger partial charge < -0.3 is 19.5 Å². The number of benzene rings is 1. The highest BCUT2D eigenvalue weighted by Crippen LogP contribution is 2.41. The molecule has 0 aliphatic carbocycles. The van der Waals surface area contributed by atoms with Gasteiger partial charge in [-0.05, 0) is 25.1 Å². The number of methoxy groups -OCH3 is 2. The van der Waals surface area contributed by atoms with Crippen LogP contribution in [0.2, 0.25) is 0 Å². The van der Waals surface area contributed by atoms with Crippen LogP contribution in [0, 0.1) is 11.3 Å². The van der Waals surface area contributed by atoms with Gasteiger partial charge in [0.05, 0.1) is 43.3 Å². The highest BCUT2D eigenvalue weighted by Gasteiger charge is 2.32. The molecule has 0 unspecified atom stereocenters. The van der Waals surface area contributed by atoms with Crippen LogP contribution < -0.4 is 14.8 Å². The SMILES string of the molecule is CCOC(=O)CSC1=C(C#N)[C@@H](c2cc(OC)ccc2OC)CC(=O)N1. The Kier molecular flexibility index (Phi) is 6.92. The molecule has 2 rings (SSSR count). The van der Waals surface area contributed by atoms with Crippen LogP contribution in [0.15, 0.2) is 28.8 Å². The van der Waals surface area contributed by atoms with Gasteiger partial charge in [0.2, 0.25) is 5.91 Å². The third kappa shape index (κ3) is 4.49. The van der Waals surface area contributed by atoms with Gasteiger partial charge in [-0.3, -0.25) is 9.59 Å². The van der Waals surface area contributed by atoms with Crippen molar-refractivity contribution in [2.45, 2.75) is 19.3 Å². The summed E-state index contributed by atoms with van der Waals surface area (Å²) in [5.74, 6) is 0.0560. The monoisotopic (exact) mass is 376 g/mol. The van der Waals surface area contributed by atoms with Gasteiger partial charge in [0.1, 0.15) is 11.5 Å². The summed E-state index contributed by atoms with van der Waals surface area (Å²) in [6.07, 6.45) is 0.107. The van der Waals surface area contributed by atoms with Gasteiger partial charge in [0, 0.05) is 17.9 Å². The molecule has 1 amide bonds. The number of amides is 1. The van der Waals surface area contributed by atoms with Gasteiger partial charge in [-0.25, -0.2) is 0 Å². The van der Waals surface area contributed by atoms with Gasteiger partial charge in [-0.1, -0.05) is 11.8 Å². The molecule has 1 atom stereocenters. The second-order valence-corrected chi connectivity index (χ2v) is 6.35. The van der Waals surface area contributed by atoms with Gasteiger partial charge in [-0.2, -0.15) is 5.26 Å². The molecule has 0 fully saturated rings. The summed E-state index contributed by atoms with van der Waals surface area (Å²) in [7, 11) is 3.07. The molecule has 138 valence electrons. The quantitative estimate of drug-likeness (QED) is 0.729. The van der Waals surface area contributed by atoms with Gasteiger partial charge >= 0.3 is 5.97 Å².